The molecule has 0 unspecified atom stereocenters. The molecule has 0 amide bonds. The van der Waals surface area contributed by atoms with Gasteiger partial charge in [-0.05, 0) is 18.8 Å². The largest absolute Gasteiger partial charge is 0.493 e. The summed E-state index contributed by atoms with van der Waals surface area (Å²) in [5.74, 6) is 0.773. The van der Waals surface area contributed by atoms with Crippen molar-refractivity contribution in [1.82, 2.24) is 9.78 Å². The highest BCUT2D eigenvalue weighted by atomic mass is 16.3. The molecule has 0 aliphatic carbocycles. The van der Waals surface area contributed by atoms with Gasteiger partial charge < -0.3 is 5.11 Å². The van der Waals surface area contributed by atoms with Crippen LogP contribution in [0.2, 0.25) is 0 Å². The molecule has 0 fully saturated rings. The molecule has 0 aliphatic heterocycles. The first-order valence-corrected chi connectivity index (χ1v) is 6.40. The van der Waals surface area contributed by atoms with Crippen LogP contribution in [0.5, 0.6) is 5.88 Å². The smallest absolute Gasteiger partial charge is 0.212 e. The molecule has 3 heteroatoms. The zero-order valence-electron chi connectivity index (χ0n) is 11.0. The molecule has 0 saturated carbocycles. The predicted molar refractivity (Wildman–Crippen MR) is 66.9 cm³/mol. The highest BCUT2D eigenvalue weighted by Crippen LogP contribution is 2.28. The van der Waals surface area contributed by atoms with Gasteiger partial charge in [-0.25, -0.2) is 4.68 Å². The molecule has 1 heterocycles. The van der Waals surface area contributed by atoms with Crippen LogP contribution in [0.4, 0.5) is 0 Å². The number of hydrogen-bond donors (Lipinski definition) is 1. The maximum absolute atomic E-state index is 10.1. The summed E-state index contributed by atoms with van der Waals surface area (Å²) in [4.78, 5) is 0. The van der Waals surface area contributed by atoms with Gasteiger partial charge >= 0.3 is 0 Å². The third-order valence-corrected chi connectivity index (χ3v) is 2.82. The monoisotopic (exact) mass is 224 g/mol. The number of unbranched alkanes of at least 4 members (excludes halogenated alkanes) is 1. The Hall–Kier alpha value is -0.990. The van der Waals surface area contributed by atoms with Crippen LogP contribution in [0, 0.1) is 0 Å². The summed E-state index contributed by atoms with van der Waals surface area (Å²) in [5, 5.41) is 14.6. The average molecular weight is 224 g/mol. The summed E-state index contributed by atoms with van der Waals surface area (Å²) in [6.07, 6.45) is 4.16. The number of hydrogen-bond acceptors (Lipinski definition) is 2. The summed E-state index contributed by atoms with van der Waals surface area (Å²) in [5.41, 5.74) is 2.11. The Morgan fingerprint density at radius 3 is 2.44 bits per heavy atom. The summed E-state index contributed by atoms with van der Waals surface area (Å²) in [7, 11) is 0. The van der Waals surface area contributed by atoms with E-state index in [2.05, 4.69) is 32.8 Å². The average Bonchev–Trinajstić information content (AvgIpc) is 2.55. The second kappa shape index (κ2) is 5.92. The highest BCUT2D eigenvalue weighted by molar-refractivity contribution is 5.32. The van der Waals surface area contributed by atoms with E-state index in [1.165, 1.54) is 0 Å². The third kappa shape index (κ3) is 2.77. The van der Waals surface area contributed by atoms with E-state index in [1.54, 1.807) is 4.68 Å². The SMILES string of the molecule is CCCCn1nc(C(C)C)c(CCC)c1O. The summed E-state index contributed by atoms with van der Waals surface area (Å²) < 4.78 is 1.77. The van der Waals surface area contributed by atoms with Gasteiger partial charge in [0.15, 0.2) is 0 Å². The third-order valence-electron chi connectivity index (χ3n) is 2.82. The molecule has 0 bridgehead atoms. The number of aromatic hydroxyl groups is 1. The molecule has 1 aromatic heterocycles. The van der Waals surface area contributed by atoms with E-state index in [-0.39, 0.29) is 0 Å². The lowest BCUT2D eigenvalue weighted by Crippen LogP contribution is -2.00. The second-order valence-corrected chi connectivity index (χ2v) is 4.67. The number of nitrogens with zero attached hydrogens (tertiary/aromatic N) is 2. The van der Waals surface area contributed by atoms with E-state index in [4.69, 9.17) is 0 Å². The second-order valence-electron chi connectivity index (χ2n) is 4.67. The standard InChI is InChI=1S/C13H24N2O/c1-5-7-9-15-13(16)11(8-6-2)12(14-15)10(3)4/h10,16H,5-9H2,1-4H3. The first kappa shape index (κ1) is 13.1. The molecule has 0 aromatic carbocycles. The van der Waals surface area contributed by atoms with Gasteiger partial charge in [-0.2, -0.15) is 5.10 Å². The van der Waals surface area contributed by atoms with E-state index in [9.17, 15) is 5.11 Å². The van der Waals surface area contributed by atoms with Gasteiger partial charge in [0.25, 0.3) is 0 Å². The first-order valence-electron chi connectivity index (χ1n) is 6.40. The van der Waals surface area contributed by atoms with Crippen molar-refractivity contribution in [2.45, 2.75) is 65.8 Å². The lowest BCUT2D eigenvalue weighted by Gasteiger charge is -2.03. The summed E-state index contributed by atoms with van der Waals surface area (Å²) >= 11 is 0. The van der Waals surface area contributed by atoms with Crippen molar-refractivity contribution < 1.29 is 5.11 Å². The van der Waals surface area contributed by atoms with E-state index in [0.717, 1.165) is 43.5 Å². The molecule has 1 aromatic rings. The Bertz CT molecular complexity index is 329. The van der Waals surface area contributed by atoms with Crippen LogP contribution < -0.4 is 0 Å². The summed E-state index contributed by atoms with van der Waals surface area (Å²) in [6.45, 7) is 9.37. The van der Waals surface area contributed by atoms with Crippen LogP contribution in [0.25, 0.3) is 0 Å². The van der Waals surface area contributed by atoms with E-state index >= 15 is 0 Å². The molecule has 0 radical (unpaired) electrons. The normalized spacial score (nSPS) is 11.3. The zero-order valence-corrected chi connectivity index (χ0v) is 11.0. The van der Waals surface area contributed by atoms with Crippen LogP contribution in [0.15, 0.2) is 0 Å². The molecule has 0 saturated heterocycles. The first-order chi connectivity index (χ1) is 7.61. The molecule has 0 aliphatic rings. The minimum absolute atomic E-state index is 0.385. The van der Waals surface area contributed by atoms with Crippen molar-refractivity contribution in [2.75, 3.05) is 0 Å². The maximum atomic E-state index is 10.1. The van der Waals surface area contributed by atoms with Crippen LogP contribution in [0.1, 0.15) is 64.1 Å². The molecule has 16 heavy (non-hydrogen) atoms. The molecule has 92 valence electrons. The topological polar surface area (TPSA) is 38.0 Å². The number of aromatic nitrogens is 2. The number of aryl methyl sites for hydroxylation is 1. The Labute approximate surface area is 98.5 Å². The van der Waals surface area contributed by atoms with Crippen molar-refractivity contribution in [3.05, 3.63) is 11.3 Å². The highest BCUT2D eigenvalue weighted by Gasteiger charge is 2.18. The minimum Gasteiger partial charge on any atom is -0.493 e. The molecular weight excluding hydrogens is 200 g/mol. The van der Waals surface area contributed by atoms with Gasteiger partial charge in [-0.3, -0.25) is 0 Å². The van der Waals surface area contributed by atoms with E-state index in [1.807, 2.05) is 0 Å². The van der Waals surface area contributed by atoms with Crippen LogP contribution >= 0.6 is 0 Å². The van der Waals surface area contributed by atoms with Gasteiger partial charge in [0.1, 0.15) is 0 Å². The zero-order chi connectivity index (χ0) is 12.1. The van der Waals surface area contributed by atoms with Crippen molar-refractivity contribution in [3.8, 4) is 5.88 Å². The maximum Gasteiger partial charge on any atom is 0.212 e. The van der Waals surface area contributed by atoms with Crippen LogP contribution in [-0.4, -0.2) is 14.9 Å². The molecule has 1 rings (SSSR count). The minimum atomic E-state index is 0.385. The van der Waals surface area contributed by atoms with Gasteiger partial charge in [-0.15, -0.1) is 0 Å². The lowest BCUT2D eigenvalue weighted by atomic mass is 10.0. The van der Waals surface area contributed by atoms with Crippen molar-refractivity contribution in [3.63, 3.8) is 0 Å². The fourth-order valence-electron chi connectivity index (χ4n) is 1.93. The Morgan fingerprint density at radius 1 is 1.25 bits per heavy atom. The van der Waals surface area contributed by atoms with E-state index in [0.29, 0.717) is 11.8 Å². The van der Waals surface area contributed by atoms with Crippen LogP contribution in [0.3, 0.4) is 0 Å². The van der Waals surface area contributed by atoms with Crippen molar-refractivity contribution >= 4 is 0 Å². The van der Waals surface area contributed by atoms with Crippen LogP contribution in [-0.2, 0) is 13.0 Å². The summed E-state index contributed by atoms with van der Waals surface area (Å²) in [6, 6.07) is 0. The van der Waals surface area contributed by atoms with Gasteiger partial charge in [-0.1, -0.05) is 40.5 Å². The van der Waals surface area contributed by atoms with Gasteiger partial charge in [0, 0.05) is 12.1 Å². The quantitative estimate of drug-likeness (QED) is 0.803. The molecule has 0 spiro atoms. The molecule has 3 nitrogen and oxygen atoms in total. The molecule has 1 N–H and O–H groups in total. The Kier molecular flexibility index (Phi) is 4.84. The number of rotatable bonds is 6. The Morgan fingerprint density at radius 2 is 1.94 bits per heavy atom. The van der Waals surface area contributed by atoms with E-state index < -0.39 is 0 Å². The van der Waals surface area contributed by atoms with Gasteiger partial charge in [0.05, 0.1) is 5.69 Å². The fourth-order valence-corrected chi connectivity index (χ4v) is 1.93. The lowest BCUT2D eigenvalue weighted by molar-refractivity contribution is 0.388. The fraction of sp³-hybridized carbons (Fsp3) is 0.769. The van der Waals surface area contributed by atoms with Crippen molar-refractivity contribution in [1.29, 1.82) is 0 Å². The van der Waals surface area contributed by atoms with Crippen molar-refractivity contribution in [2.24, 2.45) is 0 Å². The predicted octanol–water partition coefficient (Wildman–Crippen LogP) is 3.46. The van der Waals surface area contributed by atoms with Gasteiger partial charge in [0.2, 0.25) is 5.88 Å². The molecular formula is C13H24N2O. The Balaban J connectivity index is 2.98. The molecule has 0 atom stereocenters.